The van der Waals surface area contributed by atoms with E-state index in [9.17, 15) is 4.79 Å². The molecule has 16 heavy (non-hydrogen) atoms. The summed E-state index contributed by atoms with van der Waals surface area (Å²) in [4.78, 5) is 16.4. The van der Waals surface area contributed by atoms with Crippen LogP contribution in [-0.4, -0.2) is 17.3 Å². The third-order valence-corrected chi connectivity index (χ3v) is 3.63. The van der Waals surface area contributed by atoms with Crippen molar-refractivity contribution in [3.63, 3.8) is 0 Å². The molecule has 2 N–H and O–H groups in total. The molecule has 2 rings (SSSR count). The normalized spacial score (nSPS) is 15.9. The quantitative estimate of drug-likeness (QED) is 0.816. The first-order valence-electron chi connectivity index (χ1n) is 5.69. The first-order chi connectivity index (χ1) is 7.81. The minimum absolute atomic E-state index is 0.110. The van der Waals surface area contributed by atoms with Gasteiger partial charge in [-0.3, -0.25) is 4.79 Å². The molecule has 1 aliphatic rings. The van der Waals surface area contributed by atoms with Crippen molar-refractivity contribution in [1.29, 1.82) is 0 Å². The number of Topliss-reactive ketones (excluding diaryl/α,β-unsaturated/α-hetero) is 1. The summed E-state index contributed by atoms with van der Waals surface area (Å²) in [5.74, 6) is 0.110. The Morgan fingerprint density at radius 1 is 1.50 bits per heavy atom. The molecule has 0 fully saturated rings. The number of hydrogen-bond donors (Lipinski definition) is 1. The smallest absolute Gasteiger partial charge is 0.207 e. The van der Waals surface area contributed by atoms with Crippen molar-refractivity contribution < 1.29 is 4.79 Å². The molecule has 0 aliphatic heterocycles. The highest BCUT2D eigenvalue weighted by atomic mass is 32.1. The van der Waals surface area contributed by atoms with Crippen molar-refractivity contribution in [1.82, 2.24) is 4.98 Å². The average molecular weight is 236 g/mol. The van der Waals surface area contributed by atoms with Crippen molar-refractivity contribution in [2.45, 2.75) is 32.1 Å². The third kappa shape index (κ3) is 2.57. The van der Waals surface area contributed by atoms with Crippen LogP contribution in [-0.2, 0) is 6.42 Å². The number of hydrogen-bond acceptors (Lipinski definition) is 4. The van der Waals surface area contributed by atoms with E-state index in [0.717, 1.165) is 36.3 Å². The van der Waals surface area contributed by atoms with E-state index in [1.54, 1.807) is 0 Å². The molecule has 0 radical (unpaired) electrons. The van der Waals surface area contributed by atoms with Crippen LogP contribution in [0.1, 0.15) is 41.2 Å². The van der Waals surface area contributed by atoms with Gasteiger partial charge < -0.3 is 5.73 Å². The van der Waals surface area contributed by atoms with Gasteiger partial charge in [-0.2, -0.15) is 0 Å². The fourth-order valence-electron chi connectivity index (χ4n) is 1.86. The summed E-state index contributed by atoms with van der Waals surface area (Å²) in [6, 6.07) is 0. The van der Waals surface area contributed by atoms with Gasteiger partial charge in [0.25, 0.3) is 0 Å². The monoisotopic (exact) mass is 236 g/mol. The average Bonchev–Trinajstić information content (AvgIpc) is 2.78. The number of rotatable bonds is 4. The van der Waals surface area contributed by atoms with Crippen LogP contribution in [0.5, 0.6) is 0 Å². The molecule has 1 aromatic rings. The van der Waals surface area contributed by atoms with E-state index >= 15 is 0 Å². The summed E-state index contributed by atoms with van der Waals surface area (Å²) < 4.78 is 0. The van der Waals surface area contributed by atoms with Gasteiger partial charge in [-0.25, -0.2) is 4.98 Å². The van der Waals surface area contributed by atoms with Gasteiger partial charge in [0, 0.05) is 11.8 Å². The zero-order valence-corrected chi connectivity index (χ0v) is 10.1. The number of thiazole rings is 1. The van der Waals surface area contributed by atoms with Crippen LogP contribution in [0.4, 0.5) is 0 Å². The lowest BCUT2D eigenvalue weighted by Gasteiger charge is -2.09. The van der Waals surface area contributed by atoms with Crippen LogP contribution >= 0.6 is 11.3 Å². The predicted octanol–water partition coefficient (Wildman–Crippen LogP) is 2.33. The van der Waals surface area contributed by atoms with Crippen molar-refractivity contribution in [2.75, 3.05) is 6.54 Å². The van der Waals surface area contributed by atoms with Crippen molar-refractivity contribution in [3.8, 4) is 0 Å². The number of ketones is 1. The summed E-state index contributed by atoms with van der Waals surface area (Å²) >= 11 is 1.53. The molecular formula is C12H16N2OS. The molecular weight excluding hydrogens is 220 g/mol. The van der Waals surface area contributed by atoms with Gasteiger partial charge >= 0.3 is 0 Å². The Hall–Kier alpha value is -1.00. The molecule has 0 bridgehead atoms. The topological polar surface area (TPSA) is 56.0 Å². The Morgan fingerprint density at radius 3 is 3.06 bits per heavy atom. The molecule has 3 nitrogen and oxygen atoms in total. The summed E-state index contributed by atoms with van der Waals surface area (Å²) in [5.41, 5.74) is 7.00. The van der Waals surface area contributed by atoms with Crippen LogP contribution in [0.3, 0.4) is 0 Å². The fourth-order valence-corrected chi connectivity index (χ4v) is 2.66. The molecule has 4 heteroatoms. The number of aromatic nitrogens is 1. The molecule has 1 aromatic heterocycles. The maximum Gasteiger partial charge on any atom is 0.207 e. The van der Waals surface area contributed by atoms with Gasteiger partial charge in [0.05, 0.1) is 5.01 Å². The van der Waals surface area contributed by atoms with E-state index < -0.39 is 0 Å². The second-order valence-corrected chi connectivity index (χ2v) is 4.91. The molecule has 1 heterocycles. The minimum Gasteiger partial charge on any atom is -0.330 e. The van der Waals surface area contributed by atoms with E-state index in [0.29, 0.717) is 12.2 Å². The highest BCUT2D eigenvalue weighted by Gasteiger charge is 2.16. The van der Waals surface area contributed by atoms with Gasteiger partial charge in [0.2, 0.25) is 5.78 Å². The summed E-state index contributed by atoms with van der Waals surface area (Å²) in [7, 11) is 0. The molecule has 86 valence electrons. The van der Waals surface area contributed by atoms with Crippen LogP contribution in [0.25, 0.3) is 0 Å². The second-order valence-electron chi connectivity index (χ2n) is 3.97. The Bertz CT molecular complexity index is 409. The van der Waals surface area contributed by atoms with Gasteiger partial charge in [-0.15, -0.1) is 11.3 Å². The lowest BCUT2D eigenvalue weighted by Crippen LogP contribution is -2.08. The minimum atomic E-state index is 0.110. The number of nitrogens with two attached hydrogens (primary N) is 1. The van der Waals surface area contributed by atoms with Gasteiger partial charge in [-0.05, 0) is 37.8 Å². The summed E-state index contributed by atoms with van der Waals surface area (Å²) in [5, 5.41) is 2.81. The van der Waals surface area contributed by atoms with E-state index in [2.05, 4.69) is 11.1 Å². The SMILES string of the molecule is NCCc1nc(C(=O)C2=CCCCC2)cs1. The fraction of sp³-hybridized carbons (Fsp3) is 0.500. The van der Waals surface area contributed by atoms with E-state index in [4.69, 9.17) is 5.73 Å². The first-order valence-corrected chi connectivity index (χ1v) is 6.57. The molecule has 0 spiro atoms. The first kappa shape index (κ1) is 11.5. The Morgan fingerprint density at radius 2 is 2.38 bits per heavy atom. The van der Waals surface area contributed by atoms with Crippen LogP contribution < -0.4 is 5.73 Å². The van der Waals surface area contributed by atoms with Gasteiger partial charge in [0.15, 0.2) is 0 Å². The number of carbonyl (C=O) groups excluding carboxylic acids is 1. The zero-order chi connectivity index (χ0) is 11.4. The molecule has 0 atom stereocenters. The molecule has 0 aromatic carbocycles. The maximum absolute atomic E-state index is 12.1. The lowest BCUT2D eigenvalue weighted by molar-refractivity contribution is 0.102. The van der Waals surface area contributed by atoms with E-state index in [1.165, 1.54) is 17.8 Å². The standard InChI is InChI=1S/C12H16N2OS/c13-7-6-11-14-10(8-16-11)12(15)9-4-2-1-3-5-9/h4,8H,1-3,5-7,13H2. The highest BCUT2D eigenvalue weighted by molar-refractivity contribution is 7.09. The Labute approximate surface area is 99.4 Å². The largest absolute Gasteiger partial charge is 0.330 e. The zero-order valence-electron chi connectivity index (χ0n) is 9.24. The van der Waals surface area contributed by atoms with Crippen LogP contribution in [0.2, 0.25) is 0 Å². The lowest BCUT2D eigenvalue weighted by atomic mass is 9.95. The van der Waals surface area contributed by atoms with Crippen LogP contribution in [0, 0.1) is 0 Å². The van der Waals surface area contributed by atoms with Gasteiger partial charge in [0.1, 0.15) is 5.69 Å². The number of nitrogens with zero attached hydrogens (tertiary/aromatic N) is 1. The molecule has 1 aliphatic carbocycles. The second kappa shape index (κ2) is 5.37. The van der Waals surface area contributed by atoms with Crippen molar-refractivity contribution >= 4 is 17.1 Å². The highest BCUT2D eigenvalue weighted by Crippen LogP contribution is 2.22. The van der Waals surface area contributed by atoms with E-state index in [1.807, 2.05) is 5.38 Å². The Balaban J connectivity index is 2.10. The van der Waals surface area contributed by atoms with E-state index in [-0.39, 0.29) is 5.78 Å². The third-order valence-electron chi connectivity index (χ3n) is 2.73. The maximum atomic E-state index is 12.1. The van der Waals surface area contributed by atoms with Crippen molar-refractivity contribution in [3.05, 3.63) is 27.7 Å². The van der Waals surface area contributed by atoms with Crippen LogP contribution in [0.15, 0.2) is 17.0 Å². The molecule has 0 saturated heterocycles. The molecule has 0 amide bonds. The Kier molecular flexibility index (Phi) is 3.85. The molecule has 0 unspecified atom stereocenters. The molecule has 0 saturated carbocycles. The van der Waals surface area contributed by atoms with Crippen molar-refractivity contribution in [2.24, 2.45) is 5.73 Å². The predicted molar refractivity (Wildman–Crippen MR) is 65.8 cm³/mol. The number of allylic oxidation sites excluding steroid dienone is 2. The summed E-state index contributed by atoms with van der Waals surface area (Å²) in [6.45, 7) is 0.587. The summed E-state index contributed by atoms with van der Waals surface area (Å²) in [6.07, 6.45) is 7.08. The number of carbonyl (C=O) groups is 1. The van der Waals surface area contributed by atoms with Gasteiger partial charge in [-0.1, -0.05) is 6.08 Å².